The third-order valence-electron chi connectivity index (χ3n) is 2.48. The van der Waals surface area contributed by atoms with E-state index in [0.29, 0.717) is 12.3 Å². The molecule has 1 saturated heterocycles. The minimum atomic E-state index is -0.249. The molecule has 0 spiro atoms. The number of aliphatic hydroxyl groups excluding tert-OH is 1. The summed E-state index contributed by atoms with van der Waals surface area (Å²) >= 11 is 0. The quantitative estimate of drug-likeness (QED) is 0.634. The molecule has 0 aromatic carbocycles. The lowest BCUT2D eigenvalue weighted by Crippen LogP contribution is -2.38. The molecule has 0 aliphatic carbocycles. The summed E-state index contributed by atoms with van der Waals surface area (Å²) in [6.07, 6.45) is 1.63. The number of nitrogens with one attached hydrogen (secondary N) is 1. The molecule has 2 atom stereocenters. The number of hydrogen-bond acceptors (Lipinski definition) is 2. The highest BCUT2D eigenvalue weighted by Gasteiger charge is 2.23. The SMILES string of the molecule is OCC1CNCCC1CCF. The first-order chi connectivity index (χ1) is 5.38. The second kappa shape index (κ2) is 4.67. The summed E-state index contributed by atoms with van der Waals surface area (Å²) in [7, 11) is 0. The molecular weight excluding hydrogens is 145 g/mol. The first-order valence-electron chi connectivity index (χ1n) is 4.26. The largest absolute Gasteiger partial charge is 0.396 e. The van der Waals surface area contributed by atoms with Gasteiger partial charge in [-0.25, -0.2) is 0 Å². The third kappa shape index (κ3) is 2.42. The minimum Gasteiger partial charge on any atom is -0.396 e. The summed E-state index contributed by atoms with van der Waals surface area (Å²) in [6.45, 7) is 1.77. The molecular formula is C8H16FNO. The van der Waals surface area contributed by atoms with Crippen LogP contribution < -0.4 is 5.32 Å². The fourth-order valence-electron chi connectivity index (χ4n) is 1.71. The van der Waals surface area contributed by atoms with Crippen molar-refractivity contribution in [3.8, 4) is 0 Å². The smallest absolute Gasteiger partial charge is 0.0897 e. The fraction of sp³-hybridized carbons (Fsp3) is 1.00. The molecule has 2 unspecified atom stereocenters. The monoisotopic (exact) mass is 161 g/mol. The van der Waals surface area contributed by atoms with Crippen molar-refractivity contribution in [1.29, 1.82) is 0 Å². The summed E-state index contributed by atoms with van der Waals surface area (Å²) in [4.78, 5) is 0. The van der Waals surface area contributed by atoms with Crippen molar-refractivity contribution in [3.05, 3.63) is 0 Å². The lowest BCUT2D eigenvalue weighted by atomic mass is 9.85. The second-order valence-electron chi connectivity index (χ2n) is 3.17. The summed E-state index contributed by atoms with van der Waals surface area (Å²) in [5, 5.41) is 12.1. The molecule has 2 nitrogen and oxygen atoms in total. The Labute approximate surface area is 66.8 Å². The van der Waals surface area contributed by atoms with Crippen molar-refractivity contribution in [2.24, 2.45) is 11.8 Å². The van der Waals surface area contributed by atoms with E-state index in [-0.39, 0.29) is 19.2 Å². The van der Waals surface area contributed by atoms with E-state index in [4.69, 9.17) is 5.11 Å². The number of rotatable bonds is 3. The molecule has 66 valence electrons. The highest BCUT2D eigenvalue weighted by Crippen LogP contribution is 2.21. The van der Waals surface area contributed by atoms with E-state index in [1.807, 2.05) is 0 Å². The predicted molar refractivity (Wildman–Crippen MR) is 42.1 cm³/mol. The van der Waals surface area contributed by atoms with E-state index >= 15 is 0 Å². The van der Waals surface area contributed by atoms with Crippen LogP contribution in [0.5, 0.6) is 0 Å². The van der Waals surface area contributed by atoms with Crippen molar-refractivity contribution in [2.45, 2.75) is 12.8 Å². The molecule has 2 N–H and O–H groups in total. The molecule has 0 aromatic rings. The summed E-state index contributed by atoms with van der Waals surface area (Å²) in [5.74, 6) is 0.672. The Morgan fingerprint density at radius 3 is 2.91 bits per heavy atom. The van der Waals surface area contributed by atoms with E-state index in [1.165, 1.54) is 0 Å². The Kier molecular flexibility index (Phi) is 3.80. The lowest BCUT2D eigenvalue weighted by Gasteiger charge is -2.30. The van der Waals surface area contributed by atoms with Gasteiger partial charge in [-0.15, -0.1) is 0 Å². The maximum Gasteiger partial charge on any atom is 0.0897 e. The van der Waals surface area contributed by atoms with Gasteiger partial charge in [0.2, 0.25) is 0 Å². The van der Waals surface area contributed by atoms with Gasteiger partial charge in [0, 0.05) is 13.2 Å². The average Bonchev–Trinajstić information content (AvgIpc) is 2.06. The Hall–Kier alpha value is -0.150. The van der Waals surface area contributed by atoms with Gasteiger partial charge in [-0.3, -0.25) is 4.39 Å². The topological polar surface area (TPSA) is 32.3 Å². The van der Waals surface area contributed by atoms with Gasteiger partial charge in [0.05, 0.1) is 6.67 Å². The first-order valence-corrected chi connectivity index (χ1v) is 4.26. The third-order valence-corrected chi connectivity index (χ3v) is 2.48. The normalized spacial score (nSPS) is 32.2. The second-order valence-corrected chi connectivity index (χ2v) is 3.17. The molecule has 1 aliphatic rings. The summed E-state index contributed by atoms with van der Waals surface area (Å²) < 4.78 is 12.0. The van der Waals surface area contributed by atoms with Gasteiger partial charge < -0.3 is 10.4 Å². The highest BCUT2D eigenvalue weighted by atomic mass is 19.1. The number of alkyl halides is 1. The molecule has 1 heterocycles. The van der Waals surface area contributed by atoms with Crippen molar-refractivity contribution in [3.63, 3.8) is 0 Å². The van der Waals surface area contributed by atoms with E-state index in [1.54, 1.807) is 0 Å². The van der Waals surface area contributed by atoms with Crippen LogP contribution in [-0.4, -0.2) is 31.5 Å². The number of aliphatic hydroxyl groups is 1. The lowest BCUT2D eigenvalue weighted by molar-refractivity contribution is 0.134. The fourth-order valence-corrected chi connectivity index (χ4v) is 1.71. The van der Waals surface area contributed by atoms with Gasteiger partial charge in [0.1, 0.15) is 0 Å². The number of piperidine rings is 1. The first kappa shape index (κ1) is 8.94. The average molecular weight is 161 g/mol. The van der Waals surface area contributed by atoms with Gasteiger partial charge in [-0.1, -0.05) is 0 Å². The van der Waals surface area contributed by atoms with Crippen LogP contribution in [0.1, 0.15) is 12.8 Å². The molecule has 0 radical (unpaired) electrons. The molecule has 1 aliphatic heterocycles. The number of halogens is 1. The van der Waals surface area contributed by atoms with Gasteiger partial charge in [0.25, 0.3) is 0 Å². The van der Waals surface area contributed by atoms with Crippen LogP contribution >= 0.6 is 0 Å². The van der Waals surface area contributed by atoms with Crippen LogP contribution in [0.4, 0.5) is 4.39 Å². The molecule has 0 saturated carbocycles. The zero-order chi connectivity index (χ0) is 8.10. The summed E-state index contributed by atoms with van der Waals surface area (Å²) in [6, 6.07) is 0. The Morgan fingerprint density at radius 2 is 2.27 bits per heavy atom. The van der Waals surface area contributed by atoms with Gasteiger partial charge >= 0.3 is 0 Å². The van der Waals surface area contributed by atoms with Crippen LogP contribution in [0.2, 0.25) is 0 Å². The van der Waals surface area contributed by atoms with Crippen molar-refractivity contribution in [2.75, 3.05) is 26.4 Å². The molecule has 3 heteroatoms. The van der Waals surface area contributed by atoms with Gasteiger partial charge in [-0.05, 0) is 31.2 Å². The van der Waals surface area contributed by atoms with E-state index in [2.05, 4.69) is 5.32 Å². The summed E-state index contributed by atoms with van der Waals surface area (Å²) in [5.41, 5.74) is 0. The van der Waals surface area contributed by atoms with E-state index in [0.717, 1.165) is 19.5 Å². The number of hydrogen-bond donors (Lipinski definition) is 2. The molecule has 1 fully saturated rings. The van der Waals surface area contributed by atoms with Gasteiger partial charge in [-0.2, -0.15) is 0 Å². The van der Waals surface area contributed by atoms with Crippen molar-refractivity contribution >= 4 is 0 Å². The molecule has 11 heavy (non-hydrogen) atoms. The molecule has 0 aromatic heterocycles. The van der Waals surface area contributed by atoms with Crippen LogP contribution in [0.25, 0.3) is 0 Å². The highest BCUT2D eigenvalue weighted by molar-refractivity contribution is 4.77. The van der Waals surface area contributed by atoms with Crippen molar-refractivity contribution in [1.82, 2.24) is 5.32 Å². The molecule has 1 rings (SSSR count). The van der Waals surface area contributed by atoms with E-state index < -0.39 is 0 Å². The zero-order valence-electron chi connectivity index (χ0n) is 6.72. The standard InChI is InChI=1S/C8H16FNO/c9-3-1-7-2-4-10-5-8(7)6-11/h7-8,10-11H,1-6H2. The van der Waals surface area contributed by atoms with Gasteiger partial charge in [0.15, 0.2) is 0 Å². The van der Waals surface area contributed by atoms with Crippen LogP contribution in [0.15, 0.2) is 0 Å². The van der Waals surface area contributed by atoms with Crippen LogP contribution in [0, 0.1) is 11.8 Å². The molecule has 0 bridgehead atoms. The molecule has 0 amide bonds. The Bertz CT molecular complexity index is 108. The maximum absolute atomic E-state index is 12.0. The Morgan fingerprint density at radius 1 is 1.45 bits per heavy atom. The zero-order valence-corrected chi connectivity index (χ0v) is 6.72. The van der Waals surface area contributed by atoms with Crippen molar-refractivity contribution < 1.29 is 9.50 Å². The maximum atomic E-state index is 12.0. The van der Waals surface area contributed by atoms with Crippen LogP contribution in [0.3, 0.4) is 0 Å². The van der Waals surface area contributed by atoms with E-state index in [9.17, 15) is 4.39 Å². The van der Waals surface area contributed by atoms with Crippen LogP contribution in [-0.2, 0) is 0 Å². The minimum absolute atomic E-state index is 0.192. The predicted octanol–water partition coefficient (Wildman–Crippen LogP) is 0.564. The Balaban J connectivity index is 2.31.